The normalized spacial score (nSPS) is 9.57. The van der Waals surface area contributed by atoms with Gasteiger partial charge >= 0.3 is 0 Å². The number of hydrogen-bond acceptors (Lipinski definition) is 2. The minimum atomic E-state index is -0.444. The molecule has 1 aromatic rings. The van der Waals surface area contributed by atoms with Gasteiger partial charge in [0.15, 0.2) is 6.29 Å². The molecule has 0 bridgehead atoms. The Labute approximate surface area is 82.0 Å². The molecule has 0 atom stereocenters. The lowest BCUT2D eigenvalue weighted by Gasteiger charge is -2.08. The highest BCUT2D eigenvalue weighted by Crippen LogP contribution is 2.18. The summed E-state index contributed by atoms with van der Waals surface area (Å²) in [5, 5.41) is 0. The molecule has 1 rings (SSSR count). The molecular formula is C11H11FO2. The summed E-state index contributed by atoms with van der Waals surface area (Å²) in [7, 11) is 0. The molecule has 0 saturated carbocycles. The van der Waals surface area contributed by atoms with Gasteiger partial charge in [0, 0.05) is 11.1 Å². The third kappa shape index (κ3) is 2.19. The van der Waals surface area contributed by atoms with Crippen molar-refractivity contribution in [1.82, 2.24) is 0 Å². The van der Waals surface area contributed by atoms with Crippen LogP contribution in [-0.2, 0) is 4.74 Å². The predicted molar refractivity (Wildman–Crippen MR) is 52.4 cm³/mol. The summed E-state index contributed by atoms with van der Waals surface area (Å²) in [5.74, 6) is -0.0604. The van der Waals surface area contributed by atoms with Crippen LogP contribution in [0.4, 0.5) is 4.39 Å². The molecule has 0 amide bonds. The van der Waals surface area contributed by atoms with E-state index >= 15 is 0 Å². The van der Waals surface area contributed by atoms with Gasteiger partial charge in [-0.05, 0) is 25.1 Å². The van der Waals surface area contributed by atoms with Crippen LogP contribution in [0.2, 0.25) is 0 Å². The molecule has 0 spiro atoms. The number of rotatable bonds is 4. The number of carbonyl (C=O) groups is 1. The second-order valence-electron chi connectivity index (χ2n) is 2.71. The van der Waals surface area contributed by atoms with E-state index in [1.807, 2.05) is 6.92 Å². The van der Waals surface area contributed by atoms with Crippen LogP contribution in [0.1, 0.15) is 22.8 Å². The summed E-state index contributed by atoms with van der Waals surface area (Å²) >= 11 is 0. The molecule has 0 aromatic heterocycles. The van der Waals surface area contributed by atoms with E-state index < -0.39 is 5.82 Å². The van der Waals surface area contributed by atoms with E-state index in [-0.39, 0.29) is 5.56 Å². The number of benzene rings is 1. The molecule has 14 heavy (non-hydrogen) atoms. The summed E-state index contributed by atoms with van der Waals surface area (Å²) in [6.07, 6.45) is 0.586. The SMILES string of the molecule is C=C(OCC)c1ccc(F)cc1C=O. The first kappa shape index (κ1) is 10.4. The van der Waals surface area contributed by atoms with E-state index in [1.165, 1.54) is 12.1 Å². The van der Waals surface area contributed by atoms with Gasteiger partial charge in [-0.25, -0.2) is 4.39 Å². The van der Waals surface area contributed by atoms with Crippen LogP contribution in [0, 0.1) is 5.82 Å². The van der Waals surface area contributed by atoms with Crippen LogP contribution in [-0.4, -0.2) is 12.9 Å². The number of ether oxygens (including phenoxy) is 1. The van der Waals surface area contributed by atoms with Gasteiger partial charge in [-0.2, -0.15) is 0 Å². The highest BCUT2D eigenvalue weighted by atomic mass is 19.1. The van der Waals surface area contributed by atoms with Crippen molar-refractivity contribution < 1.29 is 13.9 Å². The molecule has 0 radical (unpaired) electrons. The molecule has 0 aliphatic heterocycles. The Balaban J connectivity index is 3.07. The average molecular weight is 194 g/mol. The smallest absolute Gasteiger partial charge is 0.150 e. The van der Waals surface area contributed by atoms with Crippen molar-refractivity contribution in [2.24, 2.45) is 0 Å². The van der Waals surface area contributed by atoms with Crippen molar-refractivity contribution in [2.45, 2.75) is 6.92 Å². The minimum absolute atomic E-state index is 0.253. The molecule has 0 N–H and O–H groups in total. The quantitative estimate of drug-likeness (QED) is 0.544. The Morgan fingerprint density at radius 1 is 1.64 bits per heavy atom. The Morgan fingerprint density at radius 2 is 2.36 bits per heavy atom. The Kier molecular flexibility index (Phi) is 3.40. The van der Waals surface area contributed by atoms with E-state index in [1.54, 1.807) is 0 Å². The van der Waals surface area contributed by atoms with Crippen LogP contribution < -0.4 is 0 Å². The lowest BCUT2D eigenvalue weighted by molar-refractivity contribution is 0.112. The third-order valence-corrected chi connectivity index (χ3v) is 1.76. The van der Waals surface area contributed by atoms with Crippen molar-refractivity contribution >= 4 is 12.0 Å². The lowest BCUT2D eigenvalue weighted by atomic mass is 10.1. The zero-order valence-electron chi connectivity index (χ0n) is 7.92. The van der Waals surface area contributed by atoms with Crippen LogP contribution >= 0.6 is 0 Å². The second kappa shape index (κ2) is 4.56. The minimum Gasteiger partial charge on any atom is -0.494 e. The maximum atomic E-state index is 12.8. The van der Waals surface area contributed by atoms with Crippen molar-refractivity contribution in [3.63, 3.8) is 0 Å². The number of hydrogen-bond donors (Lipinski definition) is 0. The molecular weight excluding hydrogens is 183 g/mol. The van der Waals surface area contributed by atoms with Crippen LogP contribution in [0.3, 0.4) is 0 Å². The third-order valence-electron chi connectivity index (χ3n) is 1.76. The van der Waals surface area contributed by atoms with Crippen LogP contribution in [0.15, 0.2) is 24.8 Å². The zero-order valence-corrected chi connectivity index (χ0v) is 7.92. The van der Waals surface area contributed by atoms with Gasteiger partial charge in [0.05, 0.1) is 6.61 Å². The molecule has 0 heterocycles. The van der Waals surface area contributed by atoms with E-state index in [4.69, 9.17) is 4.74 Å². The van der Waals surface area contributed by atoms with Crippen molar-refractivity contribution in [3.8, 4) is 0 Å². The summed E-state index contributed by atoms with van der Waals surface area (Å²) < 4.78 is 17.9. The molecule has 0 fully saturated rings. The van der Waals surface area contributed by atoms with Gasteiger partial charge in [-0.3, -0.25) is 4.79 Å². The summed E-state index contributed by atoms with van der Waals surface area (Å²) in [4.78, 5) is 10.6. The first-order valence-corrected chi connectivity index (χ1v) is 4.25. The topological polar surface area (TPSA) is 26.3 Å². The van der Waals surface area contributed by atoms with E-state index in [9.17, 15) is 9.18 Å². The number of aldehydes is 1. The Morgan fingerprint density at radius 3 is 2.93 bits per heavy atom. The van der Waals surface area contributed by atoms with Gasteiger partial charge < -0.3 is 4.74 Å². The summed E-state index contributed by atoms with van der Waals surface area (Å²) in [6.45, 7) is 5.93. The number of halogens is 1. The predicted octanol–water partition coefficient (Wildman–Crippen LogP) is 2.65. The fraction of sp³-hybridized carbons (Fsp3) is 0.182. The van der Waals surface area contributed by atoms with Crippen LogP contribution in [0.25, 0.3) is 5.76 Å². The van der Waals surface area contributed by atoms with E-state index in [0.29, 0.717) is 24.2 Å². The average Bonchev–Trinajstić information content (AvgIpc) is 2.17. The second-order valence-corrected chi connectivity index (χ2v) is 2.71. The Bertz CT molecular complexity index is 358. The lowest BCUT2D eigenvalue weighted by Crippen LogP contribution is -1.96. The van der Waals surface area contributed by atoms with Gasteiger partial charge in [0.2, 0.25) is 0 Å². The Hall–Kier alpha value is -1.64. The zero-order chi connectivity index (χ0) is 10.6. The summed E-state index contributed by atoms with van der Waals surface area (Å²) in [5.41, 5.74) is 0.784. The van der Waals surface area contributed by atoms with Gasteiger partial charge in [-0.1, -0.05) is 6.58 Å². The fourth-order valence-corrected chi connectivity index (χ4v) is 1.14. The fourth-order valence-electron chi connectivity index (χ4n) is 1.14. The largest absolute Gasteiger partial charge is 0.494 e. The molecule has 0 saturated heterocycles. The van der Waals surface area contributed by atoms with Crippen molar-refractivity contribution in [2.75, 3.05) is 6.61 Å². The highest BCUT2D eigenvalue weighted by Gasteiger charge is 2.07. The van der Waals surface area contributed by atoms with E-state index in [2.05, 4.69) is 6.58 Å². The first-order chi connectivity index (χ1) is 6.69. The van der Waals surface area contributed by atoms with Crippen molar-refractivity contribution in [1.29, 1.82) is 0 Å². The molecule has 0 aliphatic rings. The van der Waals surface area contributed by atoms with Gasteiger partial charge in [0.1, 0.15) is 11.6 Å². The maximum absolute atomic E-state index is 12.8. The molecule has 1 aromatic carbocycles. The van der Waals surface area contributed by atoms with Gasteiger partial charge in [-0.15, -0.1) is 0 Å². The highest BCUT2D eigenvalue weighted by molar-refractivity contribution is 5.83. The molecule has 0 aliphatic carbocycles. The molecule has 3 heteroatoms. The number of carbonyl (C=O) groups excluding carboxylic acids is 1. The van der Waals surface area contributed by atoms with Crippen LogP contribution in [0.5, 0.6) is 0 Å². The monoisotopic (exact) mass is 194 g/mol. The standard InChI is InChI=1S/C11H11FO2/c1-3-14-8(2)11-5-4-10(12)6-9(11)7-13/h4-7H,2-3H2,1H3. The molecule has 74 valence electrons. The van der Waals surface area contributed by atoms with Gasteiger partial charge in [0.25, 0.3) is 0 Å². The summed E-state index contributed by atoms with van der Waals surface area (Å²) in [6, 6.07) is 3.91. The van der Waals surface area contributed by atoms with E-state index in [0.717, 1.165) is 6.07 Å². The molecule has 0 unspecified atom stereocenters. The van der Waals surface area contributed by atoms with Crippen molar-refractivity contribution in [3.05, 3.63) is 41.7 Å². The molecule has 2 nitrogen and oxygen atoms in total. The maximum Gasteiger partial charge on any atom is 0.150 e. The first-order valence-electron chi connectivity index (χ1n) is 4.25.